The minimum absolute atomic E-state index is 0.140. The van der Waals surface area contributed by atoms with Crippen LogP contribution in [0.15, 0.2) is 0 Å². The van der Waals surface area contributed by atoms with E-state index in [1.807, 2.05) is 0 Å². The Morgan fingerprint density at radius 1 is 1.11 bits per heavy atom. The number of hydrogen-bond acceptors (Lipinski definition) is 3. The van der Waals surface area contributed by atoms with Gasteiger partial charge in [-0.25, -0.2) is 0 Å². The quantitative estimate of drug-likeness (QED) is 0.804. The zero-order valence-corrected chi connectivity index (χ0v) is 12.8. The highest BCUT2D eigenvalue weighted by molar-refractivity contribution is 4.90. The number of aliphatic hydroxyl groups is 2. The van der Waals surface area contributed by atoms with Gasteiger partial charge in [-0.1, -0.05) is 20.8 Å². The first-order valence-electron chi connectivity index (χ1n) is 7.94. The molecular formula is C16H31NO2. The van der Waals surface area contributed by atoms with Crippen LogP contribution in [-0.4, -0.2) is 47.0 Å². The summed E-state index contributed by atoms with van der Waals surface area (Å²) in [5.74, 6) is 1.11. The summed E-state index contributed by atoms with van der Waals surface area (Å²) in [5.41, 5.74) is 0.347. The average molecular weight is 269 g/mol. The summed E-state index contributed by atoms with van der Waals surface area (Å²) in [5, 5.41) is 19.5. The first-order chi connectivity index (χ1) is 8.91. The smallest absolute Gasteiger partial charge is 0.0580 e. The van der Waals surface area contributed by atoms with Crippen LogP contribution in [0.25, 0.3) is 0 Å². The van der Waals surface area contributed by atoms with Gasteiger partial charge in [0.1, 0.15) is 0 Å². The second-order valence-corrected chi connectivity index (χ2v) is 7.65. The molecule has 0 aromatic rings. The van der Waals surface area contributed by atoms with Gasteiger partial charge < -0.3 is 10.2 Å². The highest BCUT2D eigenvalue weighted by atomic mass is 16.3. The number of nitrogens with zero attached hydrogens (tertiary/aromatic N) is 1. The van der Waals surface area contributed by atoms with Crippen molar-refractivity contribution in [2.24, 2.45) is 17.3 Å². The predicted octanol–water partition coefficient (Wildman–Crippen LogP) is 2.27. The lowest BCUT2D eigenvalue weighted by molar-refractivity contribution is -0.00000198. The van der Waals surface area contributed by atoms with Gasteiger partial charge in [-0.05, 0) is 49.4 Å². The van der Waals surface area contributed by atoms with Crippen molar-refractivity contribution < 1.29 is 10.2 Å². The van der Waals surface area contributed by atoms with E-state index in [0.717, 1.165) is 38.3 Å². The molecule has 0 heterocycles. The van der Waals surface area contributed by atoms with Crippen molar-refractivity contribution in [3.8, 4) is 0 Å². The van der Waals surface area contributed by atoms with E-state index in [9.17, 15) is 10.2 Å². The zero-order chi connectivity index (χ0) is 14.0. The minimum atomic E-state index is -0.140. The molecule has 0 spiro atoms. The molecule has 2 fully saturated rings. The van der Waals surface area contributed by atoms with Gasteiger partial charge in [0.25, 0.3) is 0 Å². The Balaban J connectivity index is 1.92. The number of rotatable bonds is 5. The first-order valence-corrected chi connectivity index (χ1v) is 7.94. The van der Waals surface area contributed by atoms with E-state index in [0.29, 0.717) is 17.4 Å². The maximum absolute atomic E-state index is 10.3. The molecule has 0 aromatic carbocycles. The molecular weight excluding hydrogens is 238 g/mol. The third-order valence-electron chi connectivity index (χ3n) is 5.09. The summed E-state index contributed by atoms with van der Waals surface area (Å²) >= 11 is 0. The van der Waals surface area contributed by atoms with Crippen LogP contribution in [0, 0.1) is 17.3 Å². The normalized spacial score (nSPS) is 32.8. The maximum atomic E-state index is 10.3. The lowest BCUT2D eigenvalue weighted by Crippen LogP contribution is -2.42. The van der Waals surface area contributed by atoms with Crippen LogP contribution in [0.3, 0.4) is 0 Å². The van der Waals surface area contributed by atoms with Crippen LogP contribution < -0.4 is 0 Å². The van der Waals surface area contributed by atoms with E-state index in [2.05, 4.69) is 25.7 Å². The van der Waals surface area contributed by atoms with Crippen molar-refractivity contribution in [2.45, 2.75) is 65.0 Å². The topological polar surface area (TPSA) is 43.7 Å². The summed E-state index contributed by atoms with van der Waals surface area (Å²) in [6.07, 6.45) is 5.64. The summed E-state index contributed by atoms with van der Waals surface area (Å²) in [6, 6.07) is 0.675. The van der Waals surface area contributed by atoms with Crippen molar-refractivity contribution in [1.29, 1.82) is 0 Å². The predicted molar refractivity (Wildman–Crippen MR) is 78.0 cm³/mol. The van der Waals surface area contributed by atoms with Gasteiger partial charge in [-0.2, -0.15) is 0 Å². The van der Waals surface area contributed by atoms with Crippen LogP contribution >= 0.6 is 0 Å². The summed E-state index contributed by atoms with van der Waals surface area (Å²) in [7, 11) is 0. The third-order valence-corrected chi connectivity index (χ3v) is 5.09. The molecule has 3 heteroatoms. The minimum Gasteiger partial charge on any atom is -0.395 e. The van der Waals surface area contributed by atoms with Gasteiger partial charge in [-0.15, -0.1) is 0 Å². The van der Waals surface area contributed by atoms with Crippen molar-refractivity contribution >= 4 is 0 Å². The number of hydrogen-bond donors (Lipinski definition) is 2. The van der Waals surface area contributed by atoms with Crippen molar-refractivity contribution in [1.82, 2.24) is 4.90 Å². The Morgan fingerprint density at radius 3 is 2.32 bits per heavy atom. The zero-order valence-electron chi connectivity index (χ0n) is 12.8. The lowest BCUT2D eigenvalue weighted by Gasteiger charge is -2.41. The Labute approximate surface area is 118 Å². The monoisotopic (exact) mass is 269 g/mol. The molecule has 2 aliphatic rings. The van der Waals surface area contributed by atoms with Crippen molar-refractivity contribution in [3.63, 3.8) is 0 Å². The molecule has 0 radical (unpaired) electrons. The molecule has 0 aromatic heterocycles. The van der Waals surface area contributed by atoms with Crippen molar-refractivity contribution in [3.05, 3.63) is 0 Å². The van der Waals surface area contributed by atoms with E-state index in [1.165, 1.54) is 12.8 Å². The average Bonchev–Trinajstić information content (AvgIpc) is 3.13. The number of aliphatic hydroxyl groups excluding tert-OH is 2. The highest BCUT2D eigenvalue weighted by Crippen LogP contribution is 2.41. The standard InChI is InChI=1S/C16H31NO2/c1-16(2,3)13-4-7-15(19)12(10-13)11-17(8-9-18)14-5-6-14/h12-15,18-19H,4-11H2,1-3H3. The molecule has 0 bridgehead atoms. The Hall–Kier alpha value is -0.120. The fraction of sp³-hybridized carbons (Fsp3) is 1.00. The summed E-state index contributed by atoms with van der Waals surface area (Å²) in [4.78, 5) is 2.40. The molecule has 3 nitrogen and oxygen atoms in total. The molecule has 2 saturated carbocycles. The fourth-order valence-corrected chi connectivity index (χ4v) is 3.52. The van der Waals surface area contributed by atoms with Crippen LogP contribution in [0.2, 0.25) is 0 Å². The molecule has 19 heavy (non-hydrogen) atoms. The molecule has 0 aliphatic heterocycles. The second kappa shape index (κ2) is 6.11. The molecule has 2 rings (SSSR count). The Bertz CT molecular complexity index is 283. The molecule has 3 atom stereocenters. The van der Waals surface area contributed by atoms with Crippen LogP contribution in [-0.2, 0) is 0 Å². The fourth-order valence-electron chi connectivity index (χ4n) is 3.52. The Morgan fingerprint density at radius 2 is 1.79 bits per heavy atom. The SMILES string of the molecule is CC(C)(C)C1CCC(O)C(CN(CCO)C2CC2)C1. The largest absolute Gasteiger partial charge is 0.395 e. The van der Waals surface area contributed by atoms with Crippen LogP contribution in [0.5, 0.6) is 0 Å². The van der Waals surface area contributed by atoms with Crippen molar-refractivity contribution in [2.75, 3.05) is 19.7 Å². The summed E-state index contributed by atoms with van der Waals surface area (Å²) < 4.78 is 0. The van der Waals surface area contributed by atoms with Crippen LogP contribution in [0.4, 0.5) is 0 Å². The van der Waals surface area contributed by atoms with E-state index in [-0.39, 0.29) is 12.7 Å². The van der Waals surface area contributed by atoms with E-state index in [1.54, 1.807) is 0 Å². The van der Waals surface area contributed by atoms with Gasteiger partial charge >= 0.3 is 0 Å². The van der Waals surface area contributed by atoms with Gasteiger partial charge in [-0.3, -0.25) is 4.90 Å². The van der Waals surface area contributed by atoms with E-state index in [4.69, 9.17) is 0 Å². The molecule has 0 saturated heterocycles. The van der Waals surface area contributed by atoms with Gasteiger partial charge in [0.2, 0.25) is 0 Å². The highest BCUT2D eigenvalue weighted by Gasteiger charge is 2.38. The van der Waals surface area contributed by atoms with E-state index >= 15 is 0 Å². The molecule has 3 unspecified atom stereocenters. The third kappa shape index (κ3) is 4.17. The Kier molecular flexibility index (Phi) is 4.91. The summed E-state index contributed by atoms with van der Waals surface area (Å²) in [6.45, 7) is 8.94. The molecule has 0 amide bonds. The first kappa shape index (κ1) is 15.3. The maximum Gasteiger partial charge on any atom is 0.0580 e. The molecule has 2 N–H and O–H groups in total. The lowest BCUT2D eigenvalue weighted by atomic mass is 9.68. The van der Waals surface area contributed by atoms with Gasteiger partial charge in [0.05, 0.1) is 12.7 Å². The molecule has 2 aliphatic carbocycles. The van der Waals surface area contributed by atoms with Gasteiger partial charge in [0.15, 0.2) is 0 Å². The van der Waals surface area contributed by atoms with E-state index < -0.39 is 0 Å². The van der Waals surface area contributed by atoms with Gasteiger partial charge in [0, 0.05) is 19.1 Å². The molecule has 112 valence electrons. The van der Waals surface area contributed by atoms with Crippen LogP contribution in [0.1, 0.15) is 52.9 Å². The second-order valence-electron chi connectivity index (χ2n) is 7.65.